The smallest absolute Gasteiger partial charge is 0.285 e. The van der Waals surface area contributed by atoms with Crippen molar-refractivity contribution in [2.45, 2.75) is 53.4 Å². The number of sulfonamides is 1. The van der Waals surface area contributed by atoms with Gasteiger partial charge in [0.25, 0.3) is 10.0 Å². The van der Waals surface area contributed by atoms with Gasteiger partial charge < -0.3 is 10.2 Å². The Labute approximate surface area is 202 Å². The van der Waals surface area contributed by atoms with Gasteiger partial charge in [0.2, 0.25) is 5.91 Å². The number of hydrogen-bond donors (Lipinski definition) is 1. The summed E-state index contributed by atoms with van der Waals surface area (Å²) in [6, 6.07) is 13.7. The molecule has 34 heavy (non-hydrogen) atoms. The zero-order valence-electron chi connectivity index (χ0n) is 20.6. The molecule has 0 radical (unpaired) electrons. The Morgan fingerprint density at radius 2 is 1.68 bits per heavy atom. The van der Waals surface area contributed by atoms with Gasteiger partial charge in [-0.15, -0.1) is 4.40 Å². The largest absolute Gasteiger partial charge is 0.356 e. The van der Waals surface area contributed by atoms with E-state index in [2.05, 4.69) is 23.6 Å². The van der Waals surface area contributed by atoms with E-state index < -0.39 is 10.0 Å². The molecule has 1 amide bonds. The lowest BCUT2D eigenvalue weighted by Gasteiger charge is -2.33. The summed E-state index contributed by atoms with van der Waals surface area (Å²) in [5, 5.41) is 3.08. The van der Waals surface area contributed by atoms with Gasteiger partial charge >= 0.3 is 0 Å². The fraction of sp³-hybridized carbons (Fsp3) is 0.407. The van der Waals surface area contributed by atoms with Crippen molar-refractivity contribution in [1.82, 2.24) is 4.90 Å². The van der Waals surface area contributed by atoms with E-state index in [1.54, 1.807) is 0 Å². The van der Waals surface area contributed by atoms with Crippen LogP contribution in [0.3, 0.4) is 0 Å². The van der Waals surface area contributed by atoms with Gasteiger partial charge in [0.15, 0.2) is 0 Å². The van der Waals surface area contributed by atoms with Crippen LogP contribution in [0.15, 0.2) is 52.4 Å². The van der Waals surface area contributed by atoms with E-state index in [0.29, 0.717) is 48.8 Å². The summed E-state index contributed by atoms with van der Waals surface area (Å²) in [7, 11) is -3.75. The summed E-state index contributed by atoms with van der Waals surface area (Å²) in [5.74, 6) is 0.801. The average Bonchev–Trinajstić information content (AvgIpc) is 3.04. The van der Waals surface area contributed by atoms with Crippen LogP contribution in [0, 0.1) is 19.8 Å². The first-order valence-electron chi connectivity index (χ1n) is 11.9. The Hall–Kier alpha value is -2.93. The van der Waals surface area contributed by atoms with Crippen molar-refractivity contribution in [2.75, 3.05) is 18.4 Å². The van der Waals surface area contributed by atoms with Crippen LogP contribution in [-0.4, -0.2) is 38.2 Å². The second-order valence-electron chi connectivity index (χ2n) is 9.69. The maximum atomic E-state index is 12.9. The highest BCUT2D eigenvalue weighted by Crippen LogP contribution is 2.35. The number of piperidine rings is 1. The molecule has 0 saturated carbocycles. The third kappa shape index (κ3) is 4.80. The van der Waals surface area contributed by atoms with Crippen molar-refractivity contribution >= 4 is 32.4 Å². The molecule has 6 nitrogen and oxygen atoms in total. The average molecular weight is 480 g/mol. The molecule has 2 aromatic rings. The minimum absolute atomic E-state index is 0.0209. The molecule has 7 heteroatoms. The molecule has 1 N–H and O–H groups in total. The first kappa shape index (κ1) is 24.2. The van der Waals surface area contributed by atoms with Crippen LogP contribution in [0.5, 0.6) is 0 Å². The summed E-state index contributed by atoms with van der Waals surface area (Å²) >= 11 is 0. The van der Waals surface area contributed by atoms with Gasteiger partial charge in [0.05, 0.1) is 0 Å². The highest BCUT2D eigenvalue weighted by atomic mass is 32.2. The van der Waals surface area contributed by atoms with Gasteiger partial charge in [-0.1, -0.05) is 50.2 Å². The van der Waals surface area contributed by atoms with Gasteiger partial charge in [-0.25, -0.2) is 0 Å². The third-order valence-corrected chi connectivity index (χ3v) is 8.27. The molecule has 1 fully saturated rings. The maximum absolute atomic E-state index is 12.9. The second kappa shape index (κ2) is 9.37. The van der Waals surface area contributed by atoms with E-state index in [1.807, 2.05) is 68.1 Å². The molecule has 1 saturated heterocycles. The monoisotopic (exact) mass is 479 g/mol. The van der Waals surface area contributed by atoms with E-state index >= 15 is 0 Å². The molecule has 2 aromatic carbocycles. The Morgan fingerprint density at radius 3 is 2.29 bits per heavy atom. The first-order chi connectivity index (χ1) is 16.1. The lowest BCUT2D eigenvalue weighted by molar-refractivity contribution is -0.121. The highest BCUT2D eigenvalue weighted by Gasteiger charge is 2.35. The number of benzene rings is 2. The third-order valence-electron chi connectivity index (χ3n) is 6.80. The fourth-order valence-electron chi connectivity index (χ4n) is 4.66. The molecule has 0 aromatic heterocycles. The number of carbonyl (C=O) groups is 1. The molecule has 0 bridgehead atoms. The van der Waals surface area contributed by atoms with Crippen molar-refractivity contribution in [2.24, 2.45) is 10.3 Å². The molecule has 0 unspecified atom stereocenters. The number of amides is 1. The molecule has 0 atom stereocenters. The van der Waals surface area contributed by atoms with Crippen molar-refractivity contribution in [3.05, 3.63) is 70.3 Å². The number of aryl methyl sites for hydroxylation is 2. The summed E-state index contributed by atoms with van der Waals surface area (Å²) in [6.07, 6.45) is 1.31. The predicted octanol–water partition coefficient (Wildman–Crippen LogP) is 5.25. The van der Waals surface area contributed by atoms with Crippen molar-refractivity contribution in [3.63, 3.8) is 0 Å². The van der Waals surface area contributed by atoms with E-state index in [0.717, 1.165) is 16.8 Å². The van der Waals surface area contributed by atoms with Crippen LogP contribution in [0.2, 0.25) is 0 Å². The fourth-order valence-corrected chi connectivity index (χ4v) is 6.14. The number of nitrogens with one attached hydrogen (secondary N) is 1. The molecular formula is C27H33N3O3S. The van der Waals surface area contributed by atoms with E-state index in [-0.39, 0.29) is 16.7 Å². The molecule has 2 aliphatic rings. The Balaban J connectivity index is 1.46. The highest BCUT2D eigenvalue weighted by molar-refractivity contribution is 8.00. The van der Waals surface area contributed by atoms with Crippen LogP contribution >= 0.6 is 0 Å². The van der Waals surface area contributed by atoms with Gasteiger partial charge in [-0.05, 0) is 67.9 Å². The molecule has 2 heterocycles. The summed E-state index contributed by atoms with van der Waals surface area (Å²) < 4.78 is 30.0. The van der Waals surface area contributed by atoms with Crippen molar-refractivity contribution in [1.29, 1.82) is 0 Å². The van der Waals surface area contributed by atoms with Crippen LogP contribution in [-0.2, 0) is 14.8 Å². The predicted molar refractivity (Wildman–Crippen MR) is 138 cm³/mol. The Bertz CT molecular complexity index is 1270. The quantitative estimate of drug-likeness (QED) is 0.650. The minimum Gasteiger partial charge on any atom is -0.356 e. The normalized spacial score (nSPS) is 18.4. The maximum Gasteiger partial charge on any atom is 0.285 e. The van der Waals surface area contributed by atoms with Crippen LogP contribution in [0.25, 0.3) is 4.91 Å². The van der Waals surface area contributed by atoms with Crippen molar-refractivity contribution in [3.8, 4) is 0 Å². The van der Waals surface area contributed by atoms with Crippen LogP contribution in [0.4, 0.5) is 5.69 Å². The summed E-state index contributed by atoms with van der Waals surface area (Å²) in [4.78, 5) is 15.2. The number of carbonyl (C=O) groups excluding carboxylic acids is 1. The lowest BCUT2D eigenvalue weighted by Crippen LogP contribution is -2.41. The SMILES string of the molecule is CC1=C(c2ccc(C(C)C)cc2)S(=O)(=O)N=C1N1CCC(C(=O)Nc2cc(C)ccc2C)CC1. The molecule has 180 valence electrons. The molecule has 4 rings (SSSR count). The van der Waals surface area contributed by atoms with Crippen molar-refractivity contribution < 1.29 is 13.2 Å². The Morgan fingerprint density at radius 1 is 1.03 bits per heavy atom. The number of amidine groups is 1. The van der Waals surface area contributed by atoms with E-state index in [1.165, 1.54) is 5.56 Å². The van der Waals surface area contributed by atoms with Gasteiger partial charge in [0, 0.05) is 30.3 Å². The lowest BCUT2D eigenvalue weighted by atomic mass is 9.94. The number of hydrogen-bond acceptors (Lipinski definition) is 4. The summed E-state index contributed by atoms with van der Waals surface area (Å²) in [6.45, 7) is 11.2. The number of rotatable bonds is 4. The topological polar surface area (TPSA) is 78.8 Å². The molecule has 2 aliphatic heterocycles. The minimum atomic E-state index is -3.75. The van der Waals surface area contributed by atoms with E-state index in [9.17, 15) is 13.2 Å². The van der Waals surface area contributed by atoms with Gasteiger partial charge in [0.1, 0.15) is 10.7 Å². The van der Waals surface area contributed by atoms with Gasteiger partial charge in [-0.2, -0.15) is 8.42 Å². The number of anilines is 1. The van der Waals surface area contributed by atoms with Crippen LogP contribution in [0.1, 0.15) is 61.8 Å². The standard InChI is InChI=1S/C27H33N3O3S/c1-17(2)21-8-10-22(11-9-21)25-20(5)26(29-34(25,32)33)30-14-12-23(13-15-30)27(31)28-24-16-18(3)6-7-19(24)4/h6-11,16-17,23H,12-15H2,1-5H3,(H,28,31). The summed E-state index contributed by atoms with van der Waals surface area (Å²) in [5.41, 5.74) is 5.51. The number of nitrogens with zero attached hydrogens (tertiary/aromatic N) is 2. The zero-order valence-corrected chi connectivity index (χ0v) is 21.4. The second-order valence-corrected chi connectivity index (χ2v) is 11.2. The van der Waals surface area contributed by atoms with Gasteiger partial charge in [-0.3, -0.25) is 4.79 Å². The molecular weight excluding hydrogens is 446 g/mol. The Kier molecular flexibility index (Phi) is 6.67. The van der Waals surface area contributed by atoms with Crippen LogP contribution < -0.4 is 5.32 Å². The first-order valence-corrected chi connectivity index (χ1v) is 13.3. The molecule has 0 spiro atoms. The zero-order chi connectivity index (χ0) is 24.6. The number of likely N-dealkylation sites (tertiary alicyclic amines) is 1. The molecule has 0 aliphatic carbocycles. The van der Waals surface area contributed by atoms with E-state index in [4.69, 9.17) is 0 Å².